The third kappa shape index (κ3) is 2.60. The average Bonchev–Trinajstić information content (AvgIpc) is 2.84. The molecule has 0 unspecified atom stereocenters. The predicted molar refractivity (Wildman–Crippen MR) is 79.4 cm³/mol. The highest BCUT2D eigenvalue weighted by Crippen LogP contribution is 2.18. The minimum Gasteiger partial charge on any atom is -0.383 e. The van der Waals surface area contributed by atoms with Crippen LogP contribution in [0.4, 0.5) is 5.69 Å². The van der Waals surface area contributed by atoms with Crippen LogP contribution in [0.3, 0.4) is 0 Å². The lowest BCUT2D eigenvalue weighted by Crippen LogP contribution is -2.10. The fraction of sp³-hybridized carbons (Fsp3) is 0.188. The first-order chi connectivity index (χ1) is 9.33. The zero-order chi connectivity index (χ0) is 13.1. The molecule has 96 valence electrons. The van der Waals surface area contributed by atoms with Gasteiger partial charge in [0.25, 0.3) is 0 Å². The molecule has 1 N–H and O–H groups in total. The van der Waals surface area contributed by atoms with Gasteiger partial charge in [-0.15, -0.1) is 0 Å². The van der Waals surface area contributed by atoms with Crippen molar-refractivity contribution in [1.29, 1.82) is 0 Å². The van der Waals surface area contributed by atoms with Crippen molar-refractivity contribution in [3.8, 4) is 0 Å². The maximum Gasteiger partial charge on any atom is 0.105 e. The monoisotopic (exact) mass is 251 g/mol. The summed E-state index contributed by atoms with van der Waals surface area (Å²) in [7, 11) is 0. The summed E-state index contributed by atoms with van der Waals surface area (Å²) in [5, 5.41) is 6.00. The van der Waals surface area contributed by atoms with E-state index in [0.717, 1.165) is 24.6 Å². The first-order valence-corrected chi connectivity index (χ1v) is 6.53. The number of imidazole rings is 1. The summed E-state index contributed by atoms with van der Waals surface area (Å²) >= 11 is 0. The minimum absolute atomic E-state index is 0.898. The molecule has 1 heterocycles. The Morgan fingerprint density at radius 1 is 1.11 bits per heavy atom. The fourth-order valence-electron chi connectivity index (χ4n) is 2.26. The van der Waals surface area contributed by atoms with Crippen molar-refractivity contribution in [2.75, 3.05) is 11.9 Å². The van der Waals surface area contributed by atoms with Gasteiger partial charge in [-0.1, -0.05) is 30.3 Å². The molecule has 0 aliphatic carbocycles. The standard InChI is InChI=1S/C16H17N3/c1-13-17-8-10-19(13)11-9-18-16-7-6-14-4-2-3-5-15(14)12-16/h2-8,10,12,18H,9,11H2,1H3. The van der Waals surface area contributed by atoms with Crippen LogP contribution in [0.1, 0.15) is 5.82 Å². The molecular formula is C16H17N3. The smallest absolute Gasteiger partial charge is 0.105 e. The van der Waals surface area contributed by atoms with Crippen molar-refractivity contribution in [3.05, 3.63) is 60.7 Å². The van der Waals surface area contributed by atoms with E-state index in [1.165, 1.54) is 10.8 Å². The number of aryl methyl sites for hydroxylation is 1. The number of nitrogens with zero attached hydrogens (tertiary/aromatic N) is 2. The molecule has 3 nitrogen and oxygen atoms in total. The molecule has 1 aromatic heterocycles. The lowest BCUT2D eigenvalue weighted by atomic mass is 10.1. The molecule has 0 aliphatic heterocycles. The average molecular weight is 251 g/mol. The molecule has 0 amide bonds. The van der Waals surface area contributed by atoms with Crippen LogP contribution in [0.2, 0.25) is 0 Å². The second-order valence-corrected chi connectivity index (χ2v) is 4.66. The van der Waals surface area contributed by atoms with E-state index in [2.05, 4.69) is 57.3 Å². The molecule has 0 saturated carbocycles. The second kappa shape index (κ2) is 5.14. The van der Waals surface area contributed by atoms with E-state index in [1.54, 1.807) is 0 Å². The van der Waals surface area contributed by atoms with Crippen LogP contribution >= 0.6 is 0 Å². The van der Waals surface area contributed by atoms with E-state index in [-0.39, 0.29) is 0 Å². The lowest BCUT2D eigenvalue weighted by molar-refractivity contribution is 0.701. The topological polar surface area (TPSA) is 29.9 Å². The predicted octanol–water partition coefficient (Wildman–Crippen LogP) is 3.46. The van der Waals surface area contributed by atoms with Crippen molar-refractivity contribution in [2.24, 2.45) is 0 Å². The van der Waals surface area contributed by atoms with E-state index in [9.17, 15) is 0 Å². The van der Waals surface area contributed by atoms with Gasteiger partial charge in [0, 0.05) is 31.2 Å². The summed E-state index contributed by atoms with van der Waals surface area (Å²) in [6.07, 6.45) is 3.85. The molecule has 0 fully saturated rings. The van der Waals surface area contributed by atoms with E-state index >= 15 is 0 Å². The number of anilines is 1. The van der Waals surface area contributed by atoms with Gasteiger partial charge in [0.05, 0.1) is 0 Å². The second-order valence-electron chi connectivity index (χ2n) is 4.66. The molecular weight excluding hydrogens is 234 g/mol. The zero-order valence-corrected chi connectivity index (χ0v) is 11.0. The maximum absolute atomic E-state index is 4.22. The van der Waals surface area contributed by atoms with Gasteiger partial charge in [0.2, 0.25) is 0 Å². The summed E-state index contributed by atoms with van der Waals surface area (Å²) < 4.78 is 2.15. The molecule has 3 rings (SSSR count). The minimum atomic E-state index is 0.898. The Balaban J connectivity index is 1.67. The van der Waals surface area contributed by atoms with Crippen molar-refractivity contribution >= 4 is 16.5 Å². The van der Waals surface area contributed by atoms with Gasteiger partial charge in [0.15, 0.2) is 0 Å². The number of benzene rings is 2. The quantitative estimate of drug-likeness (QED) is 0.769. The molecule has 0 radical (unpaired) electrons. The first kappa shape index (κ1) is 11.8. The van der Waals surface area contributed by atoms with Crippen LogP contribution < -0.4 is 5.32 Å². The number of hydrogen-bond acceptors (Lipinski definition) is 2. The van der Waals surface area contributed by atoms with Crippen molar-refractivity contribution in [3.63, 3.8) is 0 Å². The van der Waals surface area contributed by atoms with Gasteiger partial charge in [-0.05, 0) is 29.8 Å². The van der Waals surface area contributed by atoms with Crippen molar-refractivity contribution < 1.29 is 0 Å². The lowest BCUT2D eigenvalue weighted by Gasteiger charge is -2.09. The van der Waals surface area contributed by atoms with E-state index < -0.39 is 0 Å². The van der Waals surface area contributed by atoms with Crippen LogP contribution in [-0.2, 0) is 6.54 Å². The Kier molecular flexibility index (Phi) is 3.19. The fourth-order valence-corrected chi connectivity index (χ4v) is 2.26. The van der Waals surface area contributed by atoms with Crippen LogP contribution in [0.5, 0.6) is 0 Å². The molecule has 3 heteroatoms. The molecule has 0 saturated heterocycles. The third-order valence-electron chi connectivity index (χ3n) is 3.35. The van der Waals surface area contributed by atoms with Crippen LogP contribution in [0.15, 0.2) is 54.9 Å². The summed E-state index contributed by atoms with van der Waals surface area (Å²) in [5.74, 6) is 1.06. The molecule has 19 heavy (non-hydrogen) atoms. The van der Waals surface area contributed by atoms with Gasteiger partial charge in [-0.2, -0.15) is 0 Å². The Morgan fingerprint density at radius 3 is 2.74 bits per heavy atom. The van der Waals surface area contributed by atoms with Gasteiger partial charge >= 0.3 is 0 Å². The highest BCUT2D eigenvalue weighted by Gasteiger charge is 1.98. The molecule has 0 atom stereocenters. The van der Waals surface area contributed by atoms with Gasteiger partial charge in [0.1, 0.15) is 5.82 Å². The van der Waals surface area contributed by atoms with Gasteiger partial charge in [-0.3, -0.25) is 0 Å². The highest BCUT2D eigenvalue weighted by atomic mass is 15.1. The van der Waals surface area contributed by atoms with Crippen LogP contribution in [-0.4, -0.2) is 16.1 Å². The summed E-state index contributed by atoms with van der Waals surface area (Å²) in [6.45, 7) is 3.85. The van der Waals surface area contributed by atoms with E-state index in [1.807, 2.05) is 19.3 Å². The Morgan fingerprint density at radius 2 is 1.95 bits per heavy atom. The largest absolute Gasteiger partial charge is 0.383 e. The number of rotatable bonds is 4. The number of nitrogens with one attached hydrogen (secondary N) is 1. The summed E-state index contributed by atoms with van der Waals surface area (Å²) in [6, 6.07) is 14.9. The summed E-state index contributed by atoms with van der Waals surface area (Å²) in [5.41, 5.74) is 1.16. The van der Waals surface area contributed by atoms with E-state index in [4.69, 9.17) is 0 Å². The summed E-state index contributed by atoms with van der Waals surface area (Å²) in [4.78, 5) is 4.22. The van der Waals surface area contributed by atoms with Crippen LogP contribution in [0, 0.1) is 6.92 Å². The molecule has 0 aliphatic rings. The SMILES string of the molecule is Cc1nccn1CCNc1ccc2ccccc2c1. The zero-order valence-electron chi connectivity index (χ0n) is 11.0. The highest BCUT2D eigenvalue weighted by molar-refractivity contribution is 5.85. The van der Waals surface area contributed by atoms with Gasteiger partial charge < -0.3 is 9.88 Å². The molecule has 3 aromatic rings. The van der Waals surface area contributed by atoms with Crippen molar-refractivity contribution in [1.82, 2.24) is 9.55 Å². The number of fused-ring (bicyclic) bond motifs is 1. The Bertz CT molecular complexity index is 685. The molecule has 2 aromatic carbocycles. The number of hydrogen-bond donors (Lipinski definition) is 1. The van der Waals surface area contributed by atoms with E-state index in [0.29, 0.717) is 0 Å². The Hall–Kier alpha value is -2.29. The molecule has 0 spiro atoms. The third-order valence-corrected chi connectivity index (χ3v) is 3.35. The normalized spacial score (nSPS) is 10.8. The Labute approximate surface area is 112 Å². The molecule has 0 bridgehead atoms. The van der Waals surface area contributed by atoms with Crippen LogP contribution in [0.25, 0.3) is 10.8 Å². The van der Waals surface area contributed by atoms with Crippen molar-refractivity contribution in [2.45, 2.75) is 13.5 Å². The number of aromatic nitrogens is 2. The first-order valence-electron chi connectivity index (χ1n) is 6.53. The maximum atomic E-state index is 4.22. The van der Waals surface area contributed by atoms with Gasteiger partial charge in [-0.25, -0.2) is 4.98 Å².